The molecule has 0 fully saturated rings. The van der Waals surface area contributed by atoms with Crippen LogP contribution in [0.2, 0.25) is 0 Å². The molecule has 0 aromatic carbocycles. The molecule has 0 aliphatic rings. The first-order valence-electron chi connectivity index (χ1n) is 7.42. The van der Waals surface area contributed by atoms with Crippen LogP contribution in [0.5, 0.6) is 0 Å². The van der Waals surface area contributed by atoms with Gasteiger partial charge >= 0.3 is 5.97 Å². The van der Waals surface area contributed by atoms with Crippen LogP contribution in [-0.4, -0.2) is 38.2 Å². The summed E-state index contributed by atoms with van der Waals surface area (Å²) in [5.41, 5.74) is 0. The first-order valence-corrected chi connectivity index (χ1v) is 7.42. The van der Waals surface area contributed by atoms with Gasteiger partial charge in [0, 0.05) is 26.1 Å². The zero-order chi connectivity index (χ0) is 14.3. The number of hydrogen-bond acceptors (Lipinski definition) is 3. The van der Waals surface area contributed by atoms with Crippen LogP contribution in [0.4, 0.5) is 0 Å². The Bertz CT molecular complexity index is 261. The molecule has 0 unspecified atom stereocenters. The lowest BCUT2D eigenvalue weighted by molar-refractivity contribution is -0.143. The summed E-state index contributed by atoms with van der Waals surface area (Å²) in [6.07, 6.45) is 4.77. The van der Waals surface area contributed by atoms with E-state index in [2.05, 4.69) is 22.5 Å². The van der Waals surface area contributed by atoms with Crippen LogP contribution in [0.25, 0.3) is 0 Å². The zero-order valence-electron chi connectivity index (χ0n) is 13.0. The molecule has 6 heteroatoms. The quantitative estimate of drug-likeness (QED) is 0.195. The third-order valence-electron chi connectivity index (χ3n) is 2.53. The van der Waals surface area contributed by atoms with Gasteiger partial charge in [0.2, 0.25) is 0 Å². The van der Waals surface area contributed by atoms with Gasteiger partial charge in [-0.15, -0.1) is 24.0 Å². The highest BCUT2D eigenvalue weighted by Crippen LogP contribution is 1.94. The van der Waals surface area contributed by atoms with Crippen molar-refractivity contribution in [1.29, 1.82) is 0 Å². The van der Waals surface area contributed by atoms with E-state index in [1.807, 2.05) is 13.8 Å². The van der Waals surface area contributed by atoms with E-state index < -0.39 is 0 Å². The normalized spacial score (nSPS) is 10.7. The average Bonchev–Trinajstić information content (AvgIpc) is 2.39. The number of unbranched alkanes of at least 4 members (excludes halogenated alkanes) is 2. The van der Waals surface area contributed by atoms with Crippen molar-refractivity contribution in [1.82, 2.24) is 10.6 Å². The van der Waals surface area contributed by atoms with Crippen LogP contribution < -0.4 is 10.6 Å². The van der Waals surface area contributed by atoms with E-state index in [9.17, 15) is 4.79 Å². The third kappa shape index (κ3) is 13.9. The highest BCUT2D eigenvalue weighted by atomic mass is 127. The Labute approximate surface area is 140 Å². The smallest absolute Gasteiger partial charge is 0.305 e. The minimum absolute atomic E-state index is 0. The second-order valence-corrected chi connectivity index (χ2v) is 4.30. The fourth-order valence-electron chi connectivity index (χ4n) is 1.57. The SMILES string of the molecule is CCCCCNC(=NCCCC(=O)OCC)NCC.I. The Morgan fingerprint density at radius 3 is 2.45 bits per heavy atom. The van der Waals surface area contributed by atoms with Crippen molar-refractivity contribution in [3.8, 4) is 0 Å². The van der Waals surface area contributed by atoms with E-state index >= 15 is 0 Å². The lowest BCUT2D eigenvalue weighted by Crippen LogP contribution is -2.37. The molecule has 0 heterocycles. The average molecular weight is 399 g/mol. The Morgan fingerprint density at radius 1 is 1.10 bits per heavy atom. The van der Waals surface area contributed by atoms with Gasteiger partial charge in [-0.2, -0.15) is 0 Å². The molecular formula is C14H30IN3O2. The number of rotatable bonds is 10. The molecule has 2 N–H and O–H groups in total. The van der Waals surface area contributed by atoms with Gasteiger partial charge in [0.05, 0.1) is 6.61 Å². The van der Waals surface area contributed by atoms with Crippen LogP contribution in [0.1, 0.15) is 52.9 Å². The molecule has 0 rings (SSSR count). The number of guanidine groups is 1. The van der Waals surface area contributed by atoms with Gasteiger partial charge in [0.1, 0.15) is 0 Å². The van der Waals surface area contributed by atoms with Gasteiger partial charge in [-0.25, -0.2) is 0 Å². The summed E-state index contributed by atoms with van der Waals surface area (Å²) < 4.78 is 4.87. The second kappa shape index (κ2) is 16.5. The lowest BCUT2D eigenvalue weighted by Gasteiger charge is -2.10. The number of halogens is 1. The lowest BCUT2D eigenvalue weighted by atomic mass is 10.2. The van der Waals surface area contributed by atoms with E-state index in [0.717, 1.165) is 31.9 Å². The molecule has 0 atom stereocenters. The molecule has 0 saturated heterocycles. The standard InChI is InChI=1S/C14H29N3O2.HI/c1-4-7-8-11-16-14(15-5-2)17-12-9-10-13(18)19-6-3;/h4-12H2,1-3H3,(H2,15,16,17);1H. The first kappa shape index (κ1) is 21.8. The minimum atomic E-state index is -0.140. The third-order valence-corrected chi connectivity index (χ3v) is 2.53. The molecule has 20 heavy (non-hydrogen) atoms. The van der Waals surface area contributed by atoms with Crippen LogP contribution >= 0.6 is 24.0 Å². The summed E-state index contributed by atoms with van der Waals surface area (Å²) in [5.74, 6) is 0.695. The summed E-state index contributed by atoms with van der Waals surface area (Å²) >= 11 is 0. The maximum Gasteiger partial charge on any atom is 0.305 e. The fourth-order valence-corrected chi connectivity index (χ4v) is 1.57. The van der Waals surface area contributed by atoms with Gasteiger partial charge in [-0.1, -0.05) is 19.8 Å². The van der Waals surface area contributed by atoms with Gasteiger partial charge in [-0.05, 0) is 26.7 Å². The van der Waals surface area contributed by atoms with Crippen LogP contribution in [0.15, 0.2) is 4.99 Å². The summed E-state index contributed by atoms with van der Waals surface area (Å²) in [4.78, 5) is 15.6. The molecule has 0 amide bonds. The van der Waals surface area contributed by atoms with Crippen molar-refractivity contribution in [3.05, 3.63) is 0 Å². The van der Waals surface area contributed by atoms with E-state index in [1.54, 1.807) is 0 Å². The number of aliphatic imine (C=N–C) groups is 1. The Kier molecular flexibility index (Phi) is 18.0. The van der Waals surface area contributed by atoms with Gasteiger partial charge in [0.25, 0.3) is 0 Å². The maximum atomic E-state index is 11.2. The summed E-state index contributed by atoms with van der Waals surface area (Å²) in [5, 5.41) is 6.49. The first-order chi connectivity index (χ1) is 9.24. The molecule has 0 aliphatic heterocycles. The van der Waals surface area contributed by atoms with Crippen molar-refractivity contribution in [2.24, 2.45) is 4.99 Å². The number of esters is 1. The number of nitrogens with zero attached hydrogens (tertiary/aromatic N) is 1. The van der Waals surface area contributed by atoms with Crippen molar-refractivity contribution in [2.45, 2.75) is 52.9 Å². The van der Waals surface area contributed by atoms with Gasteiger partial charge in [0.15, 0.2) is 5.96 Å². The number of nitrogens with one attached hydrogen (secondary N) is 2. The van der Waals surface area contributed by atoms with Gasteiger partial charge < -0.3 is 15.4 Å². The van der Waals surface area contributed by atoms with Crippen molar-refractivity contribution in [2.75, 3.05) is 26.2 Å². The summed E-state index contributed by atoms with van der Waals surface area (Å²) in [6.45, 7) is 8.93. The molecule has 0 aliphatic carbocycles. The number of carbonyl (C=O) groups is 1. The number of ether oxygens (including phenoxy) is 1. The monoisotopic (exact) mass is 399 g/mol. The Morgan fingerprint density at radius 2 is 1.85 bits per heavy atom. The molecule has 0 radical (unpaired) electrons. The number of hydrogen-bond donors (Lipinski definition) is 2. The number of carbonyl (C=O) groups excluding carboxylic acids is 1. The van der Waals surface area contributed by atoms with E-state index in [1.165, 1.54) is 12.8 Å². The molecule has 0 aromatic rings. The largest absolute Gasteiger partial charge is 0.466 e. The van der Waals surface area contributed by atoms with Crippen LogP contribution in [0, 0.1) is 0 Å². The maximum absolute atomic E-state index is 11.2. The molecule has 0 bridgehead atoms. The van der Waals surface area contributed by atoms with E-state index in [0.29, 0.717) is 19.6 Å². The zero-order valence-corrected chi connectivity index (χ0v) is 15.4. The molecule has 0 aromatic heterocycles. The minimum Gasteiger partial charge on any atom is -0.466 e. The molecule has 120 valence electrons. The molecule has 0 spiro atoms. The fraction of sp³-hybridized carbons (Fsp3) is 0.857. The van der Waals surface area contributed by atoms with Crippen molar-refractivity contribution >= 4 is 35.9 Å². The Balaban J connectivity index is 0. The van der Waals surface area contributed by atoms with E-state index in [4.69, 9.17) is 4.74 Å². The summed E-state index contributed by atoms with van der Waals surface area (Å²) in [7, 11) is 0. The predicted molar refractivity (Wildman–Crippen MR) is 94.8 cm³/mol. The van der Waals surface area contributed by atoms with Crippen LogP contribution in [-0.2, 0) is 9.53 Å². The molecular weight excluding hydrogens is 369 g/mol. The van der Waals surface area contributed by atoms with Gasteiger partial charge in [-0.3, -0.25) is 9.79 Å². The topological polar surface area (TPSA) is 62.7 Å². The van der Waals surface area contributed by atoms with E-state index in [-0.39, 0.29) is 29.9 Å². The Hall–Kier alpha value is -0.530. The predicted octanol–water partition coefficient (Wildman–Crippen LogP) is 2.69. The second-order valence-electron chi connectivity index (χ2n) is 4.30. The highest BCUT2D eigenvalue weighted by Gasteiger charge is 2.01. The summed E-state index contributed by atoms with van der Waals surface area (Å²) in [6, 6.07) is 0. The highest BCUT2D eigenvalue weighted by molar-refractivity contribution is 14.0. The molecule has 5 nitrogen and oxygen atoms in total. The van der Waals surface area contributed by atoms with Crippen molar-refractivity contribution in [3.63, 3.8) is 0 Å². The molecule has 0 saturated carbocycles. The van der Waals surface area contributed by atoms with Crippen LogP contribution in [0.3, 0.4) is 0 Å². The van der Waals surface area contributed by atoms with Crippen molar-refractivity contribution < 1.29 is 9.53 Å².